The maximum atomic E-state index is 11.8. The Balaban J connectivity index is 1.97. The third-order valence-corrected chi connectivity index (χ3v) is 3.55. The van der Waals surface area contributed by atoms with E-state index in [2.05, 4.69) is 17.4 Å². The van der Waals surface area contributed by atoms with Gasteiger partial charge in [0.15, 0.2) is 6.10 Å². The summed E-state index contributed by atoms with van der Waals surface area (Å²) in [6.45, 7) is 4.54. The second-order valence-corrected chi connectivity index (χ2v) is 5.19. The molecule has 3 heteroatoms. The molecule has 0 saturated heterocycles. The molecule has 0 heterocycles. The summed E-state index contributed by atoms with van der Waals surface area (Å²) in [5.74, 6) is 0.763. The molecule has 1 aliphatic carbocycles. The van der Waals surface area contributed by atoms with Gasteiger partial charge in [-0.2, -0.15) is 0 Å². The predicted molar refractivity (Wildman–Crippen MR) is 76.5 cm³/mol. The highest BCUT2D eigenvalue weighted by molar-refractivity contribution is 5.80. The van der Waals surface area contributed by atoms with Crippen LogP contribution in [0.4, 0.5) is 0 Å². The Morgan fingerprint density at radius 3 is 2.79 bits per heavy atom. The van der Waals surface area contributed by atoms with Crippen molar-refractivity contribution in [2.24, 2.45) is 0 Å². The molecular formula is C16H23NO2. The minimum atomic E-state index is -0.437. The lowest BCUT2D eigenvalue weighted by Crippen LogP contribution is -2.36. The van der Waals surface area contributed by atoms with Crippen LogP contribution in [0.2, 0.25) is 0 Å². The molecule has 0 fully saturated rings. The van der Waals surface area contributed by atoms with Crippen molar-refractivity contribution in [1.82, 2.24) is 5.32 Å². The highest BCUT2D eigenvalue weighted by Gasteiger charge is 2.15. The molecule has 1 aliphatic rings. The van der Waals surface area contributed by atoms with E-state index < -0.39 is 6.10 Å². The molecule has 104 valence electrons. The third-order valence-electron chi connectivity index (χ3n) is 3.55. The number of benzene rings is 1. The fraction of sp³-hybridized carbons (Fsp3) is 0.562. The third kappa shape index (κ3) is 3.72. The summed E-state index contributed by atoms with van der Waals surface area (Å²) in [5, 5.41) is 2.85. The zero-order valence-corrected chi connectivity index (χ0v) is 11.9. The number of ether oxygens (including phenoxy) is 1. The van der Waals surface area contributed by atoms with Gasteiger partial charge in [-0.1, -0.05) is 13.0 Å². The summed E-state index contributed by atoms with van der Waals surface area (Å²) < 4.78 is 5.73. The molecule has 1 aromatic carbocycles. The Morgan fingerprint density at radius 2 is 2.05 bits per heavy atom. The van der Waals surface area contributed by atoms with E-state index in [1.54, 1.807) is 6.92 Å². The van der Waals surface area contributed by atoms with Crippen LogP contribution in [0.1, 0.15) is 44.2 Å². The van der Waals surface area contributed by atoms with Crippen molar-refractivity contribution in [3.05, 3.63) is 29.3 Å². The highest BCUT2D eigenvalue weighted by Crippen LogP contribution is 2.25. The number of hydrogen-bond donors (Lipinski definition) is 1. The van der Waals surface area contributed by atoms with Crippen LogP contribution >= 0.6 is 0 Å². The smallest absolute Gasteiger partial charge is 0.260 e. The average Bonchev–Trinajstić information content (AvgIpc) is 2.44. The monoisotopic (exact) mass is 261 g/mol. The Kier molecular flexibility index (Phi) is 4.83. The SMILES string of the molecule is CCCNC(=O)C(C)Oc1ccc2c(c1)CCCC2. The Hall–Kier alpha value is -1.51. The van der Waals surface area contributed by atoms with E-state index in [9.17, 15) is 4.79 Å². The number of nitrogens with one attached hydrogen (secondary N) is 1. The second-order valence-electron chi connectivity index (χ2n) is 5.19. The number of aryl methyl sites for hydroxylation is 2. The Morgan fingerprint density at radius 1 is 1.32 bits per heavy atom. The van der Waals surface area contributed by atoms with Crippen LogP contribution in [0.5, 0.6) is 5.75 Å². The van der Waals surface area contributed by atoms with Gasteiger partial charge in [0, 0.05) is 6.54 Å². The second kappa shape index (κ2) is 6.60. The molecule has 2 rings (SSSR count). The van der Waals surface area contributed by atoms with Gasteiger partial charge in [-0.25, -0.2) is 0 Å². The summed E-state index contributed by atoms with van der Waals surface area (Å²) in [7, 11) is 0. The summed E-state index contributed by atoms with van der Waals surface area (Å²) >= 11 is 0. The topological polar surface area (TPSA) is 38.3 Å². The number of amides is 1. The van der Waals surface area contributed by atoms with Gasteiger partial charge in [0.1, 0.15) is 5.75 Å². The molecule has 0 bridgehead atoms. The summed E-state index contributed by atoms with van der Waals surface area (Å²) in [5.41, 5.74) is 2.81. The predicted octanol–water partition coefficient (Wildman–Crippen LogP) is 2.86. The van der Waals surface area contributed by atoms with Gasteiger partial charge in [0.2, 0.25) is 0 Å². The summed E-state index contributed by atoms with van der Waals surface area (Å²) in [6.07, 6.45) is 5.34. The van der Waals surface area contributed by atoms with E-state index in [4.69, 9.17) is 4.74 Å². The maximum Gasteiger partial charge on any atom is 0.260 e. The number of fused-ring (bicyclic) bond motifs is 1. The molecule has 0 saturated carbocycles. The van der Waals surface area contributed by atoms with Gasteiger partial charge >= 0.3 is 0 Å². The van der Waals surface area contributed by atoms with Crippen LogP contribution in [0.15, 0.2) is 18.2 Å². The highest BCUT2D eigenvalue weighted by atomic mass is 16.5. The summed E-state index contributed by atoms with van der Waals surface area (Å²) in [6, 6.07) is 6.21. The van der Waals surface area contributed by atoms with Crippen LogP contribution in [-0.4, -0.2) is 18.6 Å². The molecule has 3 nitrogen and oxygen atoms in total. The van der Waals surface area contributed by atoms with Crippen molar-refractivity contribution in [1.29, 1.82) is 0 Å². The molecule has 1 aromatic rings. The first-order valence-electron chi connectivity index (χ1n) is 7.27. The zero-order chi connectivity index (χ0) is 13.7. The number of rotatable bonds is 5. The number of carbonyl (C=O) groups is 1. The molecule has 1 amide bonds. The first kappa shape index (κ1) is 13.9. The van der Waals surface area contributed by atoms with Gasteiger partial charge in [-0.15, -0.1) is 0 Å². The van der Waals surface area contributed by atoms with E-state index in [1.807, 2.05) is 13.0 Å². The van der Waals surface area contributed by atoms with E-state index in [0.717, 1.165) is 18.6 Å². The average molecular weight is 261 g/mol. The van der Waals surface area contributed by atoms with Crippen LogP contribution in [0.25, 0.3) is 0 Å². The van der Waals surface area contributed by atoms with Crippen molar-refractivity contribution < 1.29 is 9.53 Å². The lowest BCUT2D eigenvalue weighted by Gasteiger charge is -2.19. The van der Waals surface area contributed by atoms with Crippen LogP contribution in [0, 0.1) is 0 Å². The first-order valence-corrected chi connectivity index (χ1v) is 7.27. The largest absolute Gasteiger partial charge is 0.481 e. The Labute approximate surface area is 115 Å². The molecule has 1 unspecified atom stereocenters. The zero-order valence-electron chi connectivity index (χ0n) is 11.9. The molecule has 19 heavy (non-hydrogen) atoms. The molecule has 0 aromatic heterocycles. The van der Waals surface area contributed by atoms with E-state index in [0.29, 0.717) is 6.54 Å². The first-order chi connectivity index (χ1) is 9.20. The van der Waals surface area contributed by atoms with Gasteiger partial charge in [0.25, 0.3) is 5.91 Å². The maximum absolute atomic E-state index is 11.8. The fourth-order valence-electron chi connectivity index (χ4n) is 2.43. The van der Waals surface area contributed by atoms with Crippen molar-refractivity contribution in [2.75, 3.05) is 6.54 Å². The quantitative estimate of drug-likeness (QED) is 0.885. The van der Waals surface area contributed by atoms with Crippen molar-refractivity contribution in [3.63, 3.8) is 0 Å². The molecule has 0 spiro atoms. The minimum absolute atomic E-state index is 0.0421. The van der Waals surface area contributed by atoms with Gasteiger partial charge in [0.05, 0.1) is 0 Å². The lowest BCUT2D eigenvalue weighted by molar-refractivity contribution is -0.127. The van der Waals surface area contributed by atoms with Crippen molar-refractivity contribution in [2.45, 2.75) is 52.1 Å². The molecule has 0 radical (unpaired) electrons. The van der Waals surface area contributed by atoms with Gasteiger partial charge < -0.3 is 10.1 Å². The number of carbonyl (C=O) groups excluding carboxylic acids is 1. The van der Waals surface area contributed by atoms with E-state index in [1.165, 1.54) is 30.4 Å². The van der Waals surface area contributed by atoms with Crippen LogP contribution < -0.4 is 10.1 Å². The fourth-order valence-corrected chi connectivity index (χ4v) is 2.43. The van der Waals surface area contributed by atoms with Crippen molar-refractivity contribution in [3.8, 4) is 5.75 Å². The van der Waals surface area contributed by atoms with Crippen LogP contribution in [0.3, 0.4) is 0 Å². The van der Waals surface area contributed by atoms with E-state index >= 15 is 0 Å². The summed E-state index contributed by atoms with van der Waals surface area (Å²) in [4.78, 5) is 11.8. The van der Waals surface area contributed by atoms with E-state index in [-0.39, 0.29) is 5.91 Å². The molecule has 0 aliphatic heterocycles. The standard InChI is InChI=1S/C16H23NO2/c1-3-10-17-16(18)12(2)19-15-9-8-13-6-4-5-7-14(13)11-15/h8-9,11-12H,3-7,10H2,1-2H3,(H,17,18). The van der Waals surface area contributed by atoms with Gasteiger partial charge in [-0.05, 0) is 62.3 Å². The lowest BCUT2D eigenvalue weighted by atomic mass is 9.92. The molecule has 1 atom stereocenters. The molecule has 1 N–H and O–H groups in total. The number of hydrogen-bond acceptors (Lipinski definition) is 2. The molecular weight excluding hydrogens is 238 g/mol. The van der Waals surface area contributed by atoms with Crippen molar-refractivity contribution >= 4 is 5.91 Å². The normalized spacial score (nSPS) is 15.5. The van der Waals surface area contributed by atoms with Gasteiger partial charge in [-0.3, -0.25) is 4.79 Å². The Bertz CT molecular complexity index is 442. The van der Waals surface area contributed by atoms with Crippen LogP contribution in [-0.2, 0) is 17.6 Å². The minimum Gasteiger partial charge on any atom is -0.481 e.